The number of benzene rings is 1. The Morgan fingerprint density at radius 2 is 1.82 bits per heavy atom. The maximum atomic E-state index is 12.4. The summed E-state index contributed by atoms with van der Waals surface area (Å²) in [4.78, 5) is 0.174. The van der Waals surface area contributed by atoms with E-state index in [4.69, 9.17) is 4.74 Å². The van der Waals surface area contributed by atoms with E-state index >= 15 is 0 Å². The summed E-state index contributed by atoms with van der Waals surface area (Å²) < 4.78 is 42.8. The first-order valence-electron chi connectivity index (χ1n) is 5.41. The molecule has 0 bridgehead atoms. The predicted molar refractivity (Wildman–Crippen MR) is 62.1 cm³/mol. The van der Waals surface area contributed by atoms with Gasteiger partial charge in [-0.3, -0.25) is 0 Å². The van der Waals surface area contributed by atoms with Gasteiger partial charge in [0.15, 0.2) is 0 Å². The molecule has 0 aromatic heterocycles. The van der Waals surface area contributed by atoms with Gasteiger partial charge < -0.3 is 4.74 Å². The van der Waals surface area contributed by atoms with E-state index in [0.29, 0.717) is 6.61 Å². The summed E-state index contributed by atoms with van der Waals surface area (Å²) in [5.74, 6) is 0. The van der Waals surface area contributed by atoms with E-state index in [0.717, 1.165) is 30.5 Å². The minimum absolute atomic E-state index is 0.147. The quantitative estimate of drug-likeness (QED) is 0.702. The largest absolute Gasteiger partial charge is 0.416 e. The van der Waals surface area contributed by atoms with Gasteiger partial charge in [0.2, 0.25) is 0 Å². The summed E-state index contributed by atoms with van der Waals surface area (Å²) in [6.07, 6.45) is -2.47. The van der Waals surface area contributed by atoms with Gasteiger partial charge in [0, 0.05) is 11.4 Å². The third kappa shape index (κ3) is 3.01. The van der Waals surface area contributed by atoms with Crippen molar-refractivity contribution in [1.29, 1.82) is 0 Å². The van der Waals surface area contributed by atoms with Gasteiger partial charge >= 0.3 is 6.18 Å². The van der Waals surface area contributed by atoms with E-state index < -0.39 is 11.7 Å². The van der Waals surface area contributed by atoms with Crippen LogP contribution in [0.3, 0.4) is 0 Å². The van der Waals surface area contributed by atoms with Gasteiger partial charge in [-0.1, -0.05) is 28.1 Å². The average molecular weight is 309 g/mol. The molecule has 0 aliphatic carbocycles. The summed E-state index contributed by atoms with van der Waals surface area (Å²) in [5, 5.41) is 0. The average Bonchev–Trinajstić information content (AvgIpc) is 2.29. The maximum absolute atomic E-state index is 12.4. The van der Waals surface area contributed by atoms with Crippen molar-refractivity contribution >= 4 is 15.9 Å². The second-order valence-electron chi connectivity index (χ2n) is 4.07. The van der Waals surface area contributed by atoms with Gasteiger partial charge in [0.05, 0.1) is 11.7 Å². The zero-order valence-corrected chi connectivity index (χ0v) is 10.6. The number of rotatable bonds is 1. The molecule has 1 aromatic carbocycles. The summed E-state index contributed by atoms with van der Waals surface area (Å²) in [7, 11) is 0. The highest BCUT2D eigenvalue weighted by Gasteiger charge is 2.31. The van der Waals surface area contributed by atoms with E-state index in [9.17, 15) is 13.2 Å². The Kier molecular flexibility index (Phi) is 3.78. The lowest BCUT2D eigenvalue weighted by atomic mass is 10.00. The van der Waals surface area contributed by atoms with Crippen LogP contribution < -0.4 is 0 Å². The molecule has 17 heavy (non-hydrogen) atoms. The number of hydrogen-bond donors (Lipinski definition) is 0. The van der Waals surface area contributed by atoms with Crippen molar-refractivity contribution in [3.05, 3.63) is 35.4 Å². The number of alkyl halides is 4. The van der Waals surface area contributed by atoms with Gasteiger partial charge in [0.1, 0.15) is 0 Å². The van der Waals surface area contributed by atoms with Crippen molar-refractivity contribution in [2.24, 2.45) is 0 Å². The molecule has 1 heterocycles. The van der Waals surface area contributed by atoms with E-state index in [1.54, 1.807) is 0 Å². The summed E-state index contributed by atoms with van der Waals surface area (Å²) in [5.41, 5.74) is 0.169. The molecule has 2 rings (SSSR count). The monoisotopic (exact) mass is 308 g/mol. The second kappa shape index (κ2) is 4.98. The summed E-state index contributed by atoms with van der Waals surface area (Å²) >= 11 is 3.50. The molecule has 0 radical (unpaired) electrons. The molecule has 1 nitrogen and oxygen atoms in total. The highest BCUT2D eigenvalue weighted by molar-refractivity contribution is 9.09. The fraction of sp³-hybridized carbons (Fsp3) is 0.500. The van der Waals surface area contributed by atoms with Crippen LogP contribution in [0, 0.1) is 0 Å². The molecular formula is C12H12BrF3O. The minimum Gasteiger partial charge on any atom is -0.372 e. The van der Waals surface area contributed by atoms with Gasteiger partial charge in [-0.2, -0.15) is 13.2 Å². The molecule has 0 unspecified atom stereocenters. The maximum Gasteiger partial charge on any atom is 0.416 e. The van der Waals surface area contributed by atoms with E-state index in [2.05, 4.69) is 15.9 Å². The smallest absolute Gasteiger partial charge is 0.372 e. The molecule has 1 fully saturated rings. The van der Waals surface area contributed by atoms with E-state index in [-0.39, 0.29) is 10.9 Å². The molecule has 5 heteroatoms. The molecule has 1 saturated heterocycles. The Hall–Kier alpha value is -0.550. The number of halogens is 4. The van der Waals surface area contributed by atoms with Crippen LogP contribution in [0.4, 0.5) is 13.2 Å². The van der Waals surface area contributed by atoms with Crippen LogP contribution in [0.2, 0.25) is 0 Å². The molecule has 94 valence electrons. The molecule has 0 amide bonds. The Labute approximate surface area is 106 Å². The van der Waals surface area contributed by atoms with Gasteiger partial charge in [-0.25, -0.2) is 0 Å². The predicted octanol–water partition coefficient (Wildman–Crippen LogP) is 4.32. The molecular weight excluding hydrogens is 297 g/mol. The second-order valence-corrected chi connectivity index (χ2v) is 5.25. The van der Waals surface area contributed by atoms with Crippen LogP contribution in [-0.2, 0) is 10.9 Å². The molecule has 0 N–H and O–H groups in total. The summed E-state index contributed by atoms with van der Waals surface area (Å²) in [6.45, 7) is 0.661. The number of ether oxygens (including phenoxy) is 1. The van der Waals surface area contributed by atoms with Crippen molar-refractivity contribution in [1.82, 2.24) is 0 Å². The first kappa shape index (κ1) is 12.9. The van der Waals surface area contributed by atoms with Crippen LogP contribution >= 0.6 is 15.9 Å². The minimum atomic E-state index is -4.28. The summed E-state index contributed by atoms with van der Waals surface area (Å²) in [6, 6.07) is 5.19. The molecule has 1 aliphatic rings. The lowest BCUT2D eigenvalue weighted by Crippen LogP contribution is -2.22. The lowest BCUT2D eigenvalue weighted by Gasteiger charge is -2.28. The highest BCUT2D eigenvalue weighted by atomic mass is 79.9. The Balaban J connectivity index is 2.17. The molecule has 2 atom stereocenters. The van der Waals surface area contributed by atoms with Crippen molar-refractivity contribution in [3.63, 3.8) is 0 Å². The fourth-order valence-corrected chi connectivity index (χ4v) is 2.69. The Bertz CT molecular complexity index is 374. The van der Waals surface area contributed by atoms with Crippen molar-refractivity contribution in [3.8, 4) is 0 Å². The molecule has 1 aliphatic heterocycles. The van der Waals surface area contributed by atoms with Crippen molar-refractivity contribution < 1.29 is 17.9 Å². The zero-order valence-electron chi connectivity index (χ0n) is 9.01. The first-order valence-corrected chi connectivity index (χ1v) is 6.33. The van der Waals surface area contributed by atoms with Gasteiger partial charge in [-0.15, -0.1) is 0 Å². The zero-order chi connectivity index (χ0) is 12.5. The van der Waals surface area contributed by atoms with Crippen LogP contribution in [-0.4, -0.2) is 11.4 Å². The van der Waals surface area contributed by atoms with Crippen LogP contribution in [0.5, 0.6) is 0 Å². The van der Waals surface area contributed by atoms with E-state index in [1.165, 1.54) is 12.1 Å². The standard InChI is InChI=1S/C12H12BrF3O/c13-10-2-1-7-17-11(10)8-3-5-9(6-4-8)12(14,15)16/h3-6,10-11H,1-2,7H2/t10-,11+/m0/s1. The van der Waals surface area contributed by atoms with Crippen molar-refractivity contribution in [2.75, 3.05) is 6.61 Å². The lowest BCUT2D eigenvalue weighted by molar-refractivity contribution is -0.137. The molecule has 0 spiro atoms. The Morgan fingerprint density at radius 3 is 2.35 bits per heavy atom. The topological polar surface area (TPSA) is 9.23 Å². The first-order chi connectivity index (χ1) is 7.98. The molecule has 1 aromatic rings. The van der Waals surface area contributed by atoms with Gasteiger partial charge in [0.25, 0.3) is 0 Å². The van der Waals surface area contributed by atoms with Crippen LogP contribution in [0.25, 0.3) is 0 Å². The van der Waals surface area contributed by atoms with Crippen LogP contribution in [0.1, 0.15) is 30.1 Å². The third-order valence-corrected chi connectivity index (χ3v) is 3.75. The van der Waals surface area contributed by atoms with Crippen molar-refractivity contribution in [2.45, 2.75) is 29.9 Å². The Morgan fingerprint density at radius 1 is 1.18 bits per heavy atom. The molecule has 0 saturated carbocycles. The van der Waals surface area contributed by atoms with Gasteiger partial charge in [-0.05, 0) is 30.5 Å². The van der Waals surface area contributed by atoms with Crippen LogP contribution in [0.15, 0.2) is 24.3 Å². The highest BCUT2D eigenvalue weighted by Crippen LogP contribution is 2.35. The normalized spacial score (nSPS) is 25.9. The van der Waals surface area contributed by atoms with E-state index in [1.807, 2.05) is 0 Å². The SMILES string of the molecule is FC(F)(F)c1ccc([C@H]2OCCC[C@@H]2Br)cc1. The fourth-order valence-electron chi connectivity index (χ4n) is 1.91. The number of hydrogen-bond acceptors (Lipinski definition) is 1. The third-order valence-electron chi connectivity index (χ3n) is 2.82.